The molecule has 1 unspecified atom stereocenters. The average Bonchev–Trinajstić information content (AvgIpc) is 3.35. The Hall–Kier alpha value is -2.56. The molecule has 1 aliphatic heterocycles. The molecule has 2 aromatic heterocycles. The van der Waals surface area contributed by atoms with Crippen LogP contribution in [-0.2, 0) is 21.3 Å². The summed E-state index contributed by atoms with van der Waals surface area (Å²) in [6.45, 7) is 6.79. The zero-order valence-electron chi connectivity index (χ0n) is 16.6. The Labute approximate surface area is 169 Å². The van der Waals surface area contributed by atoms with Crippen LogP contribution in [0, 0.1) is 13.8 Å². The largest absolute Gasteiger partial charge is 0.366 e. The van der Waals surface area contributed by atoms with Gasteiger partial charge in [-0.25, -0.2) is 8.42 Å². The number of hydrogen-bond acceptors (Lipinski definition) is 7. The normalized spacial score (nSPS) is 18.2. The third kappa shape index (κ3) is 3.70. The molecule has 29 heavy (non-hydrogen) atoms. The summed E-state index contributed by atoms with van der Waals surface area (Å²) in [6, 6.07) is 7.73. The summed E-state index contributed by atoms with van der Waals surface area (Å²) >= 11 is 0. The number of aromatic nitrogens is 4. The first-order chi connectivity index (χ1) is 13.9. The first-order valence-electron chi connectivity index (χ1n) is 9.45. The minimum Gasteiger partial charge on any atom is -0.366 e. The minimum absolute atomic E-state index is 0.106. The highest BCUT2D eigenvalue weighted by Gasteiger charge is 2.35. The molecule has 0 amide bonds. The smallest absolute Gasteiger partial charge is 0.257 e. The van der Waals surface area contributed by atoms with E-state index in [4.69, 9.17) is 9.26 Å². The number of hydrogen-bond donors (Lipinski definition) is 0. The number of ether oxygens (including phenoxy) is 1. The topological polar surface area (TPSA) is 103 Å². The zero-order chi connectivity index (χ0) is 20.6. The molecule has 1 saturated heterocycles. The number of morpholine rings is 1. The second-order valence-electron chi connectivity index (χ2n) is 6.93. The molecule has 0 spiro atoms. The summed E-state index contributed by atoms with van der Waals surface area (Å²) in [5, 5.41) is 8.30. The molecule has 1 atom stereocenters. The van der Waals surface area contributed by atoms with Crippen molar-refractivity contribution in [2.75, 3.05) is 19.7 Å². The van der Waals surface area contributed by atoms with Gasteiger partial charge in [0, 0.05) is 31.4 Å². The quantitative estimate of drug-likeness (QED) is 0.627. The molecule has 0 aliphatic carbocycles. The molecule has 4 rings (SSSR count). The van der Waals surface area contributed by atoms with E-state index in [-0.39, 0.29) is 30.5 Å². The van der Waals surface area contributed by atoms with Gasteiger partial charge in [0.1, 0.15) is 4.90 Å². The standard InChI is InChI=1S/C19H23N5O4S/c1-4-23-12-17(14(3)21-23)29(25,26)24-9-10-27-16(11-24)19-20-18(22-28-19)15-8-6-5-7-13(15)2/h5-8,12,16H,4,9-11H2,1-3H3. The van der Waals surface area contributed by atoms with Crippen LogP contribution in [0.5, 0.6) is 0 Å². The maximum absolute atomic E-state index is 13.1. The lowest BCUT2D eigenvalue weighted by Crippen LogP contribution is -2.42. The number of rotatable bonds is 5. The van der Waals surface area contributed by atoms with Crippen LogP contribution >= 0.6 is 0 Å². The maximum Gasteiger partial charge on any atom is 0.257 e. The van der Waals surface area contributed by atoms with E-state index in [2.05, 4.69) is 15.2 Å². The molecular weight excluding hydrogens is 394 g/mol. The van der Waals surface area contributed by atoms with E-state index >= 15 is 0 Å². The van der Waals surface area contributed by atoms with Crippen molar-refractivity contribution in [3.05, 3.63) is 47.6 Å². The lowest BCUT2D eigenvalue weighted by Gasteiger charge is -2.30. The summed E-state index contributed by atoms with van der Waals surface area (Å²) in [7, 11) is -3.69. The SMILES string of the molecule is CCn1cc(S(=O)(=O)N2CCOC(c3nc(-c4ccccc4C)no3)C2)c(C)n1. The molecule has 0 saturated carbocycles. The van der Waals surface area contributed by atoms with Crippen LogP contribution in [0.3, 0.4) is 0 Å². The Bertz CT molecular complexity index is 1120. The Morgan fingerprint density at radius 1 is 1.24 bits per heavy atom. The molecular formula is C19H23N5O4S. The van der Waals surface area contributed by atoms with Gasteiger partial charge in [-0.15, -0.1) is 0 Å². The summed E-state index contributed by atoms with van der Waals surface area (Å²) < 4.78 is 40.4. The molecule has 1 fully saturated rings. The monoisotopic (exact) mass is 417 g/mol. The van der Waals surface area contributed by atoms with Crippen molar-refractivity contribution in [1.82, 2.24) is 24.2 Å². The van der Waals surface area contributed by atoms with Crippen molar-refractivity contribution in [2.45, 2.75) is 38.3 Å². The van der Waals surface area contributed by atoms with Crippen LogP contribution in [0.25, 0.3) is 11.4 Å². The molecule has 154 valence electrons. The number of aryl methyl sites for hydroxylation is 3. The molecule has 1 aliphatic rings. The molecule has 3 heterocycles. The van der Waals surface area contributed by atoms with Crippen LogP contribution in [0.15, 0.2) is 39.9 Å². The first kappa shape index (κ1) is 19.7. The predicted molar refractivity (Wildman–Crippen MR) is 105 cm³/mol. The lowest BCUT2D eigenvalue weighted by molar-refractivity contribution is -0.0199. The summed E-state index contributed by atoms with van der Waals surface area (Å²) in [5.41, 5.74) is 2.37. The van der Waals surface area contributed by atoms with Gasteiger partial charge in [0.05, 0.1) is 12.3 Å². The molecule has 0 bridgehead atoms. The highest BCUT2D eigenvalue weighted by molar-refractivity contribution is 7.89. The number of benzene rings is 1. The van der Waals surface area contributed by atoms with Crippen LogP contribution in [0.4, 0.5) is 0 Å². The van der Waals surface area contributed by atoms with Gasteiger partial charge in [-0.2, -0.15) is 14.4 Å². The van der Waals surface area contributed by atoms with E-state index in [0.717, 1.165) is 11.1 Å². The van der Waals surface area contributed by atoms with Gasteiger partial charge in [-0.05, 0) is 26.3 Å². The minimum atomic E-state index is -3.69. The fourth-order valence-corrected chi connectivity index (χ4v) is 4.94. The second-order valence-corrected chi connectivity index (χ2v) is 8.83. The Balaban J connectivity index is 1.57. The zero-order valence-corrected chi connectivity index (χ0v) is 17.4. The molecule has 0 radical (unpaired) electrons. The number of sulfonamides is 1. The second kappa shape index (κ2) is 7.69. The van der Waals surface area contributed by atoms with Crippen molar-refractivity contribution in [3.63, 3.8) is 0 Å². The van der Waals surface area contributed by atoms with Crippen molar-refractivity contribution >= 4 is 10.0 Å². The van der Waals surface area contributed by atoms with Crippen molar-refractivity contribution in [2.24, 2.45) is 0 Å². The van der Waals surface area contributed by atoms with Gasteiger partial charge in [-0.3, -0.25) is 4.68 Å². The van der Waals surface area contributed by atoms with Gasteiger partial charge in [0.2, 0.25) is 15.8 Å². The third-order valence-corrected chi connectivity index (χ3v) is 6.94. The van der Waals surface area contributed by atoms with Gasteiger partial charge in [-0.1, -0.05) is 29.4 Å². The summed E-state index contributed by atoms with van der Waals surface area (Å²) in [5.74, 6) is 0.728. The van der Waals surface area contributed by atoms with Crippen LogP contribution < -0.4 is 0 Å². The van der Waals surface area contributed by atoms with Crippen LogP contribution in [0.1, 0.15) is 30.2 Å². The summed E-state index contributed by atoms with van der Waals surface area (Å²) in [6.07, 6.45) is 0.948. The molecule has 0 N–H and O–H groups in total. The average molecular weight is 417 g/mol. The Kier molecular flexibility index (Phi) is 5.24. The van der Waals surface area contributed by atoms with E-state index in [1.54, 1.807) is 17.8 Å². The predicted octanol–water partition coefficient (Wildman–Crippen LogP) is 2.33. The van der Waals surface area contributed by atoms with Crippen molar-refractivity contribution in [3.8, 4) is 11.4 Å². The van der Waals surface area contributed by atoms with Crippen LogP contribution in [0.2, 0.25) is 0 Å². The van der Waals surface area contributed by atoms with Gasteiger partial charge < -0.3 is 9.26 Å². The molecule has 1 aromatic carbocycles. The van der Waals surface area contributed by atoms with E-state index in [9.17, 15) is 8.42 Å². The van der Waals surface area contributed by atoms with E-state index < -0.39 is 16.1 Å². The van der Waals surface area contributed by atoms with Gasteiger partial charge in [0.15, 0.2) is 6.10 Å². The first-order valence-corrected chi connectivity index (χ1v) is 10.9. The van der Waals surface area contributed by atoms with Crippen molar-refractivity contribution in [1.29, 1.82) is 0 Å². The fraction of sp³-hybridized carbons (Fsp3) is 0.421. The van der Waals surface area contributed by atoms with E-state index in [1.807, 2.05) is 38.1 Å². The summed E-state index contributed by atoms with van der Waals surface area (Å²) in [4.78, 5) is 4.66. The number of nitrogens with zero attached hydrogens (tertiary/aromatic N) is 5. The Morgan fingerprint density at radius 2 is 2.03 bits per heavy atom. The van der Waals surface area contributed by atoms with E-state index in [1.165, 1.54) is 4.31 Å². The van der Waals surface area contributed by atoms with Crippen LogP contribution in [-0.4, -0.2) is 52.3 Å². The molecule has 9 nitrogen and oxygen atoms in total. The molecule has 3 aromatic rings. The fourth-order valence-electron chi connectivity index (χ4n) is 3.35. The van der Waals surface area contributed by atoms with Gasteiger partial charge in [0.25, 0.3) is 5.89 Å². The lowest BCUT2D eigenvalue weighted by atomic mass is 10.1. The highest BCUT2D eigenvalue weighted by Crippen LogP contribution is 2.28. The molecule has 10 heteroatoms. The highest BCUT2D eigenvalue weighted by atomic mass is 32.2. The van der Waals surface area contributed by atoms with Crippen molar-refractivity contribution < 1.29 is 17.7 Å². The maximum atomic E-state index is 13.1. The third-order valence-electron chi connectivity index (χ3n) is 4.98. The van der Waals surface area contributed by atoms with E-state index in [0.29, 0.717) is 18.1 Å². The Morgan fingerprint density at radius 3 is 2.76 bits per heavy atom. The van der Waals surface area contributed by atoms with Gasteiger partial charge >= 0.3 is 0 Å².